The molecule has 2 fully saturated rings. The molecule has 1 amide bonds. The van der Waals surface area contributed by atoms with Crippen LogP contribution in [0.5, 0.6) is 0 Å². The van der Waals surface area contributed by atoms with Crippen molar-refractivity contribution in [3.63, 3.8) is 0 Å². The molecule has 0 aromatic heterocycles. The first-order chi connectivity index (χ1) is 9.34. The second kappa shape index (κ2) is 8.51. The van der Waals surface area contributed by atoms with E-state index in [-0.39, 0.29) is 5.91 Å². The van der Waals surface area contributed by atoms with Crippen LogP contribution >= 0.6 is 0 Å². The van der Waals surface area contributed by atoms with E-state index < -0.39 is 0 Å². The summed E-state index contributed by atoms with van der Waals surface area (Å²) in [6, 6.07) is 0.313. The summed E-state index contributed by atoms with van der Waals surface area (Å²) in [7, 11) is 0. The van der Waals surface area contributed by atoms with Gasteiger partial charge in [0.1, 0.15) is 0 Å². The lowest BCUT2D eigenvalue weighted by atomic mass is 10.1. The van der Waals surface area contributed by atoms with E-state index in [1.807, 2.05) is 0 Å². The fourth-order valence-electron chi connectivity index (χ4n) is 2.76. The quantitative estimate of drug-likeness (QED) is 0.655. The number of likely N-dealkylation sites (tertiary alicyclic amines) is 1. The summed E-state index contributed by atoms with van der Waals surface area (Å²) in [5.41, 5.74) is 0. The molecule has 2 aliphatic heterocycles. The number of carbonyl (C=O) groups excluding carboxylic acids is 1. The van der Waals surface area contributed by atoms with Crippen molar-refractivity contribution >= 4 is 5.91 Å². The molecular weight excluding hydrogens is 242 g/mol. The number of ether oxygens (including phenoxy) is 1. The van der Waals surface area contributed by atoms with E-state index in [1.165, 1.54) is 25.9 Å². The molecule has 5 nitrogen and oxygen atoms in total. The van der Waals surface area contributed by atoms with Crippen LogP contribution in [-0.4, -0.2) is 62.8 Å². The van der Waals surface area contributed by atoms with Crippen LogP contribution in [0.25, 0.3) is 0 Å². The number of rotatable bonds is 7. The van der Waals surface area contributed by atoms with Gasteiger partial charge in [0.25, 0.3) is 0 Å². The van der Waals surface area contributed by atoms with Gasteiger partial charge < -0.3 is 20.3 Å². The maximum absolute atomic E-state index is 11.7. The molecular formula is C14H27N3O2. The molecule has 0 atom stereocenters. The highest BCUT2D eigenvalue weighted by atomic mass is 16.5. The lowest BCUT2D eigenvalue weighted by molar-refractivity contribution is -0.121. The Morgan fingerprint density at radius 3 is 2.68 bits per heavy atom. The minimum absolute atomic E-state index is 0.119. The maximum atomic E-state index is 11.7. The first-order valence-electron chi connectivity index (χ1n) is 7.65. The summed E-state index contributed by atoms with van der Waals surface area (Å²) in [6.07, 6.45) is 5.72. The van der Waals surface area contributed by atoms with Gasteiger partial charge in [-0.05, 0) is 58.3 Å². The molecule has 2 heterocycles. The van der Waals surface area contributed by atoms with Crippen molar-refractivity contribution in [1.82, 2.24) is 15.5 Å². The number of hydrogen-bond donors (Lipinski definition) is 2. The van der Waals surface area contributed by atoms with Gasteiger partial charge in [0.05, 0.1) is 6.54 Å². The minimum atomic E-state index is 0.119. The molecule has 2 saturated heterocycles. The topological polar surface area (TPSA) is 53.6 Å². The van der Waals surface area contributed by atoms with Crippen LogP contribution in [0, 0.1) is 0 Å². The molecule has 5 heteroatoms. The van der Waals surface area contributed by atoms with E-state index in [2.05, 4.69) is 15.5 Å². The Labute approximate surface area is 116 Å². The summed E-state index contributed by atoms with van der Waals surface area (Å²) in [4.78, 5) is 14.2. The van der Waals surface area contributed by atoms with Crippen LogP contribution in [0.15, 0.2) is 0 Å². The summed E-state index contributed by atoms with van der Waals surface area (Å²) in [5, 5.41) is 6.29. The van der Waals surface area contributed by atoms with Gasteiger partial charge in [0.2, 0.25) is 5.91 Å². The van der Waals surface area contributed by atoms with Gasteiger partial charge in [0.15, 0.2) is 0 Å². The van der Waals surface area contributed by atoms with Crippen molar-refractivity contribution in [2.75, 3.05) is 45.9 Å². The first kappa shape index (κ1) is 14.8. The molecule has 0 bridgehead atoms. The molecule has 19 heavy (non-hydrogen) atoms. The van der Waals surface area contributed by atoms with E-state index in [1.54, 1.807) is 0 Å². The summed E-state index contributed by atoms with van der Waals surface area (Å²) in [6.45, 7) is 6.58. The van der Waals surface area contributed by atoms with Gasteiger partial charge in [-0.15, -0.1) is 0 Å². The maximum Gasteiger partial charge on any atom is 0.234 e. The molecule has 0 aromatic carbocycles. The van der Waals surface area contributed by atoms with E-state index in [0.29, 0.717) is 12.6 Å². The Morgan fingerprint density at radius 2 is 1.95 bits per heavy atom. The largest absolute Gasteiger partial charge is 0.381 e. The highest BCUT2D eigenvalue weighted by Gasteiger charge is 2.15. The highest BCUT2D eigenvalue weighted by molar-refractivity contribution is 5.78. The number of hydrogen-bond acceptors (Lipinski definition) is 4. The summed E-state index contributed by atoms with van der Waals surface area (Å²) >= 11 is 0. The average molecular weight is 269 g/mol. The van der Waals surface area contributed by atoms with Gasteiger partial charge >= 0.3 is 0 Å². The van der Waals surface area contributed by atoms with E-state index >= 15 is 0 Å². The third-order valence-corrected chi connectivity index (χ3v) is 3.90. The van der Waals surface area contributed by atoms with Crippen LogP contribution in [0.4, 0.5) is 0 Å². The fourth-order valence-corrected chi connectivity index (χ4v) is 2.76. The second-order valence-electron chi connectivity index (χ2n) is 5.53. The van der Waals surface area contributed by atoms with Gasteiger partial charge in [0, 0.05) is 19.3 Å². The van der Waals surface area contributed by atoms with Crippen molar-refractivity contribution in [1.29, 1.82) is 0 Å². The zero-order valence-corrected chi connectivity index (χ0v) is 11.8. The highest BCUT2D eigenvalue weighted by Crippen LogP contribution is 2.07. The van der Waals surface area contributed by atoms with Crippen molar-refractivity contribution in [2.24, 2.45) is 0 Å². The number of amides is 1. The smallest absolute Gasteiger partial charge is 0.234 e. The Bertz CT molecular complexity index is 261. The number of nitrogens with one attached hydrogen (secondary N) is 2. The third kappa shape index (κ3) is 5.89. The van der Waals surface area contributed by atoms with Crippen LogP contribution in [0.1, 0.15) is 32.1 Å². The zero-order chi connectivity index (χ0) is 13.3. The Morgan fingerprint density at radius 1 is 1.21 bits per heavy atom. The molecule has 0 radical (unpaired) electrons. The second-order valence-corrected chi connectivity index (χ2v) is 5.53. The standard InChI is InChI=1S/C14H27N3O2/c18-14(16-13-4-10-19-11-5-13)12-15-6-3-9-17-7-1-2-8-17/h13,15H,1-12H2,(H,16,18). The molecule has 0 aromatic rings. The van der Waals surface area contributed by atoms with Gasteiger partial charge in [-0.25, -0.2) is 0 Å². The fraction of sp³-hybridized carbons (Fsp3) is 0.929. The Balaban J connectivity index is 1.44. The van der Waals surface area contributed by atoms with Crippen molar-refractivity contribution < 1.29 is 9.53 Å². The van der Waals surface area contributed by atoms with Crippen molar-refractivity contribution in [3.05, 3.63) is 0 Å². The summed E-state index contributed by atoms with van der Waals surface area (Å²) < 4.78 is 5.27. The molecule has 2 N–H and O–H groups in total. The third-order valence-electron chi connectivity index (χ3n) is 3.90. The van der Waals surface area contributed by atoms with Gasteiger partial charge in [-0.2, -0.15) is 0 Å². The first-order valence-corrected chi connectivity index (χ1v) is 7.65. The molecule has 0 unspecified atom stereocenters. The average Bonchev–Trinajstić information content (AvgIpc) is 2.92. The lowest BCUT2D eigenvalue weighted by Gasteiger charge is -2.23. The van der Waals surface area contributed by atoms with E-state index in [9.17, 15) is 4.79 Å². The van der Waals surface area contributed by atoms with Crippen molar-refractivity contribution in [2.45, 2.75) is 38.1 Å². The van der Waals surface area contributed by atoms with E-state index in [4.69, 9.17) is 4.74 Å². The molecule has 0 saturated carbocycles. The lowest BCUT2D eigenvalue weighted by Crippen LogP contribution is -2.43. The normalized spacial score (nSPS) is 21.7. The van der Waals surface area contributed by atoms with Crippen LogP contribution in [-0.2, 0) is 9.53 Å². The number of nitrogens with zero attached hydrogens (tertiary/aromatic N) is 1. The molecule has 110 valence electrons. The Hall–Kier alpha value is -0.650. The van der Waals surface area contributed by atoms with Crippen molar-refractivity contribution in [3.8, 4) is 0 Å². The monoisotopic (exact) mass is 269 g/mol. The van der Waals surface area contributed by atoms with Crippen LogP contribution < -0.4 is 10.6 Å². The molecule has 2 aliphatic rings. The van der Waals surface area contributed by atoms with Gasteiger partial charge in [-0.3, -0.25) is 4.79 Å². The summed E-state index contributed by atoms with van der Waals surface area (Å²) in [5.74, 6) is 0.119. The Kier molecular flexibility index (Phi) is 6.61. The van der Waals surface area contributed by atoms with Crippen LogP contribution in [0.2, 0.25) is 0 Å². The zero-order valence-electron chi connectivity index (χ0n) is 11.8. The SMILES string of the molecule is O=C(CNCCCN1CCCC1)NC1CCOCC1. The molecule has 0 aliphatic carbocycles. The molecule has 2 rings (SSSR count). The van der Waals surface area contributed by atoms with E-state index in [0.717, 1.165) is 45.6 Å². The minimum Gasteiger partial charge on any atom is -0.381 e. The van der Waals surface area contributed by atoms with Gasteiger partial charge in [-0.1, -0.05) is 0 Å². The predicted octanol–water partition coefficient (Wildman–Crippen LogP) is 0.357. The number of carbonyl (C=O) groups is 1. The molecule has 0 spiro atoms. The predicted molar refractivity (Wildman–Crippen MR) is 75.1 cm³/mol. The van der Waals surface area contributed by atoms with Crippen LogP contribution in [0.3, 0.4) is 0 Å².